The smallest absolute Gasteiger partial charge is 0.335 e. The van der Waals surface area contributed by atoms with E-state index >= 15 is 0 Å². The molecule has 0 heterocycles. The SMILES string of the molecule is C[CH-]C.[Mo+2].c1cc[cH-]c1. The van der Waals surface area contributed by atoms with E-state index in [2.05, 4.69) is 0 Å². The van der Waals surface area contributed by atoms with E-state index in [1.807, 2.05) is 50.6 Å². The molecule has 1 aromatic carbocycles. The van der Waals surface area contributed by atoms with Gasteiger partial charge >= 0.3 is 21.1 Å². The zero-order chi connectivity index (χ0) is 6.24. The van der Waals surface area contributed by atoms with Crippen LogP contribution in [0.15, 0.2) is 30.3 Å². The maximum absolute atomic E-state index is 2.00. The summed E-state index contributed by atoms with van der Waals surface area (Å²) >= 11 is 0. The number of rotatable bonds is 0. The third-order valence-corrected chi connectivity index (χ3v) is 0.556. The van der Waals surface area contributed by atoms with Gasteiger partial charge in [0.2, 0.25) is 0 Å². The molecule has 0 aliphatic heterocycles. The average molecular weight is 204 g/mol. The fourth-order valence-electron chi connectivity index (χ4n) is 0.321. The van der Waals surface area contributed by atoms with Crippen LogP contribution in [-0.4, -0.2) is 0 Å². The van der Waals surface area contributed by atoms with Crippen LogP contribution in [-0.2, 0) is 21.1 Å². The van der Waals surface area contributed by atoms with E-state index in [1.54, 1.807) is 0 Å². The average Bonchev–Trinajstić information content (AvgIpc) is 2.17. The van der Waals surface area contributed by atoms with E-state index in [0.29, 0.717) is 0 Å². The summed E-state index contributed by atoms with van der Waals surface area (Å²) in [6.45, 7) is 4.00. The van der Waals surface area contributed by atoms with Crippen molar-refractivity contribution in [3.63, 3.8) is 0 Å². The molecular weight excluding hydrogens is 192 g/mol. The Morgan fingerprint density at radius 1 is 1.11 bits per heavy atom. The van der Waals surface area contributed by atoms with Crippen LogP contribution in [0.5, 0.6) is 0 Å². The summed E-state index contributed by atoms with van der Waals surface area (Å²) in [5, 5.41) is 0. The molecule has 0 amide bonds. The van der Waals surface area contributed by atoms with Crippen LogP contribution >= 0.6 is 0 Å². The summed E-state index contributed by atoms with van der Waals surface area (Å²) in [6, 6.07) is 10.0. The van der Waals surface area contributed by atoms with Crippen molar-refractivity contribution in [2.24, 2.45) is 0 Å². The van der Waals surface area contributed by atoms with Gasteiger partial charge in [0.05, 0.1) is 0 Å². The molecule has 0 radical (unpaired) electrons. The molecule has 0 saturated heterocycles. The van der Waals surface area contributed by atoms with Gasteiger partial charge in [-0.1, -0.05) is 0 Å². The number of hydrogen-bond acceptors (Lipinski definition) is 0. The Hall–Kier alpha value is 0.0383. The van der Waals surface area contributed by atoms with E-state index in [4.69, 9.17) is 0 Å². The molecule has 0 aliphatic carbocycles. The second-order valence-corrected chi connectivity index (χ2v) is 1.54. The summed E-state index contributed by atoms with van der Waals surface area (Å²) in [5.41, 5.74) is 0. The quantitative estimate of drug-likeness (QED) is 0.450. The first-order chi connectivity index (χ1) is 3.91. The van der Waals surface area contributed by atoms with Crippen LogP contribution in [0.3, 0.4) is 0 Å². The molecule has 0 unspecified atom stereocenters. The van der Waals surface area contributed by atoms with Crippen LogP contribution in [0.25, 0.3) is 0 Å². The minimum atomic E-state index is 0. The van der Waals surface area contributed by atoms with Gasteiger partial charge in [-0.05, 0) is 0 Å². The molecule has 0 saturated carbocycles. The van der Waals surface area contributed by atoms with Crippen LogP contribution in [0, 0.1) is 6.42 Å². The van der Waals surface area contributed by atoms with Crippen molar-refractivity contribution in [1.29, 1.82) is 0 Å². The normalized spacial score (nSPS) is 6.44. The Balaban J connectivity index is 0. The zero-order valence-electron chi connectivity index (χ0n) is 5.87. The van der Waals surface area contributed by atoms with Gasteiger partial charge in [0.1, 0.15) is 0 Å². The van der Waals surface area contributed by atoms with Gasteiger partial charge < -0.3 is 6.42 Å². The maximum atomic E-state index is 2.00. The molecule has 1 heteroatoms. The fourth-order valence-corrected chi connectivity index (χ4v) is 0.321. The van der Waals surface area contributed by atoms with Crippen molar-refractivity contribution in [3.8, 4) is 0 Å². The van der Waals surface area contributed by atoms with Gasteiger partial charge in [-0.15, -0.1) is 0 Å². The Labute approximate surface area is 71.9 Å². The van der Waals surface area contributed by atoms with Crippen molar-refractivity contribution >= 4 is 0 Å². The third kappa shape index (κ3) is 11.5. The van der Waals surface area contributed by atoms with Crippen LogP contribution in [0.1, 0.15) is 13.8 Å². The molecule has 0 atom stereocenters. The van der Waals surface area contributed by atoms with E-state index in [1.165, 1.54) is 0 Å². The van der Waals surface area contributed by atoms with Gasteiger partial charge in [-0.2, -0.15) is 32.0 Å². The van der Waals surface area contributed by atoms with Crippen molar-refractivity contribution < 1.29 is 21.1 Å². The molecule has 9 heavy (non-hydrogen) atoms. The summed E-state index contributed by atoms with van der Waals surface area (Å²) in [7, 11) is 0. The fraction of sp³-hybridized carbons (Fsp3) is 0.250. The molecule has 0 N–H and O–H groups in total. The van der Waals surface area contributed by atoms with Crippen molar-refractivity contribution in [3.05, 3.63) is 36.8 Å². The van der Waals surface area contributed by atoms with Crippen LogP contribution < -0.4 is 0 Å². The van der Waals surface area contributed by atoms with E-state index in [-0.39, 0.29) is 21.1 Å². The maximum Gasteiger partial charge on any atom is 2.00 e. The molecule has 0 bridgehead atoms. The van der Waals surface area contributed by atoms with E-state index in [0.717, 1.165) is 0 Å². The Bertz CT molecular complexity index is 71.5. The van der Waals surface area contributed by atoms with Gasteiger partial charge in [-0.25, -0.2) is 12.1 Å². The summed E-state index contributed by atoms with van der Waals surface area (Å²) in [5.74, 6) is 0. The van der Waals surface area contributed by atoms with Crippen molar-refractivity contribution in [1.82, 2.24) is 0 Å². The molecule has 0 spiro atoms. The minimum Gasteiger partial charge on any atom is -0.335 e. The molecule has 1 aromatic rings. The second-order valence-electron chi connectivity index (χ2n) is 1.54. The Morgan fingerprint density at radius 2 is 1.44 bits per heavy atom. The predicted octanol–water partition coefficient (Wildman–Crippen LogP) is 2.63. The molecule has 0 aromatic heterocycles. The van der Waals surface area contributed by atoms with Crippen LogP contribution in [0.4, 0.5) is 0 Å². The molecular formula is C8H12Mo. The molecule has 0 aliphatic rings. The topological polar surface area (TPSA) is 0 Å². The van der Waals surface area contributed by atoms with Gasteiger partial charge in [0.25, 0.3) is 0 Å². The first kappa shape index (κ1) is 11.8. The molecule has 50 valence electrons. The predicted molar refractivity (Wildman–Crippen MR) is 37.7 cm³/mol. The molecule has 0 fully saturated rings. The minimum absolute atomic E-state index is 0. The van der Waals surface area contributed by atoms with E-state index in [9.17, 15) is 0 Å². The number of hydrogen-bond donors (Lipinski definition) is 0. The summed E-state index contributed by atoms with van der Waals surface area (Å²) < 4.78 is 0. The molecule has 1 rings (SSSR count). The first-order valence-electron chi connectivity index (χ1n) is 2.82. The Kier molecular flexibility index (Phi) is 14.3. The monoisotopic (exact) mass is 206 g/mol. The summed E-state index contributed by atoms with van der Waals surface area (Å²) in [6.07, 6.45) is 2.00. The van der Waals surface area contributed by atoms with Gasteiger partial charge in [0, 0.05) is 0 Å². The zero-order valence-corrected chi connectivity index (χ0v) is 7.88. The van der Waals surface area contributed by atoms with Gasteiger partial charge in [0.15, 0.2) is 0 Å². The second kappa shape index (κ2) is 10.9. The first-order valence-corrected chi connectivity index (χ1v) is 2.82. The molecule has 0 nitrogen and oxygen atoms in total. The van der Waals surface area contributed by atoms with Crippen molar-refractivity contribution in [2.75, 3.05) is 0 Å². The van der Waals surface area contributed by atoms with Gasteiger partial charge in [-0.3, -0.25) is 0 Å². The largest absolute Gasteiger partial charge is 2.00 e. The third-order valence-electron chi connectivity index (χ3n) is 0.556. The van der Waals surface area contributed by atoms with E-state index < -0.39 is 0 Å². The summed E-state index contributed by atoms with van der Waals surface area (Å²) in [4.78, 5) is 0. The van der Waals surface area contributed by atoms with Crippen molar-refractivity contribution in [2.45, 2.75) is 13.8 Å². The Morgan fingerprint density at radius 3 is 1.56 bits per heavy atom. The van der Waals surface area contributed by atoms with Crippen LogP contribution in [0.2, 0.25) is 0 Å². The standard InChI is InChI=1S/C5H5.C3H7.Mo/c1-2-4-5-3-1;1-3-2;/h1-5H;3H,1-2H3;/q2*-1;+2.